The zero-order chi connectivity index (χ0) is 22.8. The monoisotopic (exact) mass is 437 g/mol. The van der Waals surface area contributed by atoms with E-state index in [4.69, 9.17) is 4.74 Å². The Balaban J connectivity index is 1.62. The second kappa shape index (κ2) is 9.20. The Kier molecular flexibility index (Phi) is 6.37. The number of anilines is 1. The van der Waals surface area contributed by atoms with E-state index in [2.05, 4.69) is 5.32 Å². The first-order valence-corrected chi connectivity index (χ1v) is 11.2. The van der Waals surface area contributed by atoms with Crippen LogP contribution in [0.25, 0.3) is 0 Å². The number of benzene rings is 2. The van der Waals surface area contributed by atoms with Gasteiger partial charge in [-0.1, -0.05) is 30.3 Å². The first kappa shape index (κ1) is 22.1. The Labute approximate surface area is 189 Å². The maximum absolute atomic E-state index is 12.2. The van der Waals surface area contributed by atoms with Gasteiger partial charge in [0.05, 0.1) is 13.2 Å². The number of carbonyl (C=O) groups is 2. The van der Waals surface area contributed by atoms with E-state index in [0.29, 0.717) is 19.4 Å². The molecule has 7 heteroatoms. The molecule has 4 rings (SSSR count). The summed E-state index contributed by atoms with van der Waals surface area (Å²) in [6.07, 6.45) is 1.99. The van der Waals surface area contributed by atoms with E-state index in [9.17, 15) is 14.7 Å². The number of aryl methyl sites for hydroxylation is 1. The highest BCUT2D eigenvalue weighted by atomic mass is 16.5. The van der Waals surface area contributed by atoms with Crippen molar-refractivity contribution in [1.82, 2.24) is 10.2 Å². The molecule has 2 aromatic rings. The van der Waals surface area contributed by atoms with E-state index in [0.717, 1.165) is 41.0 Å². The van der Waals surface area contributed by atoms with Crippen LogP contribution in [-0.2, 0) is 17.8 Å². The van der Waals surface area contributed by atoms with Gasteiger partial charge < -0.3 is 20.1 Å². The Morgan fingerprint density at radius 3 is 2.62 bits per heavy atom. The summed E-state index contributed by atoms with van der Waals surface area (Å²) in [4.78, 5) is 27.6. The van der Waals surface area contributed by atoms with Crippen molar-refractivity contribution in [3.8, 4) is 5.75 Å². The molecule has 3 atom stereocenters. The summed E-state index contributed by atoms with van der Waals surface area (Å²) in [5.74, 6) is 0.901. The summed E-state index contributed by atoms with van der Waals surface area (Å²) >= 11 is 0. The quantitative estimate of drug-likeness (QED) is 0.740. The molecule has 0 aromatic heterocycles. The number of fused-ring (bicyclic) bond motifs is 1. The van der Waals surface area contributed by atoms with Gasteiger partial charge in [-0.3, -0.25) is 9.69 Å². The van der Waals surface area contributed by atoms with Crippen LogP contribution in [0, 0.1) is 0 Å². The summed E-state index contributed by atoms with van der Waals surface area (Å²) in [6, 6.07) is 13.5. The standard InChI is InChI=1S/C25H31N3O4/c1-16-9-11-20(24(28(16)25(30)31)17-7-5-4-6-8-17)26-15-19-13-21-18(14-22(19)32-3)10-12-23(29)27(21)2/h4-8,13-14,16,20,24,26H,9-12,15H2,1-3H3,(H,30,31). The second-order valence-corrected chi connectivity index (χ2v) is 8.70. The number of nitrogens with one attached hydrogen (secondary N) is 1. The number of ether oxygens (including phenoxy) is 1. The summed E-state index contributed by atoms with van der Waals surface area (Å²) in [5, 5.41) is 13.6. The number of piperidine rings is 1. The molecule has 2 aromatic carbocycles. The predicted octanol–water partition coefficient (Wildman–Crippen LogP) is 3.97. The maximum atomic E-state index is 12.2. The van der Waals surface area contributed by atoms with Crippen LogP contribution >= 0.6 is 0 Å². The van der Waals surface area contributed by atoms with Crippen molar-refractivity contribution in [2.24, 2.45) is 0 Å². The molecule has 2 aliphatic rings. The van der Waals surface area contributed by atoms with Crippen LogP contribution in [0.15, 0.2) is 42.5 Å². The zero-order valence-electron chi connectivity index (χ0n) is 18.9. The second-order valence-electron chi connectivity index (χ2n) is 8.70. The first-order valence-electron chi connectivity index (χ1n) is 11.2. The van der Waals surface area contributed by atoms with Crippen molar-refractivity contribution >= 4 is 17.7 Å². The van der Waals surface area contributed by atoms with Crippen molar-refractivity contribution < 1.29 is 19.4 Å². The summed E-state index contributed by atoms with van der Waals surface area (Å²) < 4.78 is 5.65. The molecule has 2 aliphatic heterocycles. The van der Waals surface area contributed by atoms with Crippen LogP contribution < -0.4 is 15.0 Å². The van der Waals surface area contributed by atoms with Crippen molar-refractivity contribution in [3.63, 3.8) is 0 Å². The SMILES string of the molecule is COc1cc2c(cc1CNC1CCC(C)N(C(=O)O)C1c1ccccc1)N(C)C(=O)CC2. The minimum Gasteiger partial charge on any atom is -0.496 e. The number of nitrogens with zero attached hydrogens (tertiary/aromatic N) is 2. The van der Waals surface area contributed by atoms with Crippen LogP contribution in [-0.4, -0.2) is 48.2 Å². The van der Waals surface area contributed by atoms with Crippen LogP contribution in [0.1, 0.15) is 48.9 Å². The molecular formula is C25H31N3O4. The average Bonchev–Trinajstić information content (AvgIpc) is 2.80. The van der Waals surface area contributed by atoms with Gasteiger partial charge in [0.25, 0.3) is 0 Å². The van der Waals surface area contributed by atoms with Crippen LogP contribution in [0.5, 0.6) is 5.75 Å². The molecule has 1 saturated heterocycles. The Bertz CT molecular complexity index is 994. The highest BCUT2D eigenvalue weighted by Crippen LogP contribution is 2.37. The lowest BCUT2D eigenvalue weighted by Gasteiger charge is -2.44. The fraction of sp³-hybridized carbons (Fsp3) is 0.440. The van der Waals surface area contributed by atoms with Gasteiger partial charge in [-0.15, -0.1) is 0 Å². The van der Waals surface area contributed by atoms with Gasteiger partial charge in [-0.25, -0.2) is 4.79 Å². The number of methoxy groups -OCH3 is 1. The lowest BCUT2D eigenvalue weighted by Crippen LogP contribution is -2.53. The largest absolute Gasteiger partial charge is 0.496 e. The van der Waals surface area contributed by atoms with Gasteiger partial charge in [0.1, 0.15) is 5.75 Å². The highest BCUT2D eigenvalue weighted by Gasteiger charge is 2.39. The van der Waals surface area contributed by atoms with E-state index < -0.39 is 6.09 Å². The van der Waals surface area contributed by atoms with Gasteiger partial charge in [-0.05, 0) is 49.4 Å². The number of rotatable bonds is 5. The fourth-order valence-electron chi connectivity index (χ4n) is 5.03. The van der Waals surface area contributed by atoms with Gasteiger partial charge in [0, 0.05) is 43.3 Å². The summed E-state index contributed by atoms with van der Waals surface area (Å²) in [6.45, 7) is 2.49. The van der Waals surface area contributed by atoms with Gasteiger partial charge in [-0.2, -0.15) is 0 Å². The fourth-order valence-corrected chi connectivity index (χ4v) is 5.03. The molecule has 32 heavy (non-hydrogen) atoms. The van der Waals surface area contributed by atoms with Crippen LogP contribution in [0.3, 0.4) is 0 Å². The average molecular weight is 438 g/mol. The van der Waals surface area contributed by atoms with Crippen molar-refractivity contribution in [3.05, 3.63) is 59.2 Å². The van der Waals surface area contributed by atoms with Crippen molar-refractivity contribution in [1.29, 1.82) is 0 Å². The Morgan fingerprint density at radius 1 is 1.19 bits per heavy atom. The van der Waals surface area contributed by atoms with Crippen LogP contribution in [0.2, 0.25) is 0 Å². The summed E-state index contributed by atoms with van der Waals surface area (Å²) in [7, 11) is 3.47. The lowest BCUT2D eigenvalue weighted by atomic mass is 9.87. The minimum absolute atomic E-state index is 0.0372. The molecule has 3 unspecified atom stereocenters. The van der Waals surface area contributed by atoms with E-state index >= 15 is 0 Å². The number of hydrogen-bond donors (Lipinski definition) is 2. The number of likely N-dealkylation sites (tertiary alicyclic amines) is 1. The van der Waals surface area contributed by atoms with E-state index in [1.54, 1.807) is 16.9 Å². The third-order valence-electron chi connectivity index (χ3n) is 6.79. The van der Waals surface area contributed by atoms with Gasteiger partial charge in [0.2, 0.25) is 5.91 Å². The third kappa shape index (κ3) is 4.17. The van der Waals surface area contributed by atoms with E-state index in [-0.39, 0.29) is 24.0 Å². The molecule has 1 fully saturated rings. The Hall–Kier alpha value is -3.06. The molecule has 7 nitrogen and oxygen atoms in total. The van der Waals surface area contributed by atoms with E-state index in [1.165, 1.54) is 0 Å². The third-order valence-corrected chi connectivity index (χ3v) is 6.79. The predicted molar refractivity (Wildman–Crippen MR) is 123 cm³/mol. The normalized spacial score (nSPS) is 23.1. The Morgan fingerprint density at radius 2 is 1.94 bits per heavy atom. The maximum Gasteiger partial charge on any atom is 0.408 e. The van der Waals surface area contributed by atoms with Crippen molar-refractivity contribution in [2.45, 2.75) is 57.3 Å². The number of amides is 2. The molecule has 0 saturated carbocycles. The summed E-state index contributed by atoms with van der Waals surface area (Å²) in [5.41, 5.74) is 3.98. The first-order chi connectivity index (χ1) is 15.4. The van der Waals surface area contributed by atoms with Gasteiger partial charge >= 0.3 is 6.09 Å². The molecule has 0 radical (unpaired) electrons. The molecule has 0 bridgehead atoms. The molecular weight excluding hydrogens is 406 g/mol. The van der Waals surface area contributed by atoms with Crippen LogP contribution in [0.4, 0.5) is 10.5 Å². The molecule has 2 heterocycles. The topological polar surface area (TPSA) is 82.1 Å². The number of carbonyl (C=O) groups excluding carboxylic acids is 1. The molecule has 0 aliphatic carbocycles. The molecule has 170 valence electrons. The molecule has 2 N–H and O–H groups in total. The minimum atomic E-state index is -0.899. The number of carboxylic acid groups (broad SMARTS) is 1. The molecule has 0 spiro atoms. The van der Waals surface area contributed by atoms with E-state index in [1.807, 2.05) is 56.4 Å². The zero-order valence-corrected chi connectivity index (χ0v) is 18.9. The van der Waals surface area contributed by atoms with Gasteiger partial charge in [0.15, 0.2) is 0 Å². The lowest BCUT2D eigenvalue weighted by molar-refractivity contribution is -0.118. The smallest absolute Gasteiger partial charge is 0.408 e. The highest BCUT2D eigenvalue weighted by molar-refractivity contribution is 5.96. The number of hydrogen-bond acceptors (Lipinski definition) is 4. The molecule has 2 amide bonds. The van der Waals surface area contributed by atoms with Crippen molar-refractivity contribution in [2.75, 3.05) is 19.1 Å².